The Balaban J connectivity index is 2.04. The molecule has 2 aromatic carbocycles. The molecule has 0 bridgehead atoms. The predicted octanol–water partition coefficient (Wildman–Crippen LogP) is 3.06. The SMILES string of the molecule is Cc1ccc(NCc2ccc(C#N)cc2)c(N)c1. The molecule has 0 saturated heterocycles. The largest absolute Gasteiger partial charge is 0.397 e. The third kappa shape index (κ3) is 2.80. The molecule has 0 atom stereocenters. The lowest BCUT2D eigenvalue weighted by molar-refractivity contribution is 1.15. The quantitative estimate of drug-likeness (QED) is 0.806. The van der Waals surface area contributed by atoms with Crippen LogP contribution in [0.1, 0.15) is 16.7 Å². The number of hydrogen-bond donors (Lipinski definition) is 2. The number of nitrogens with one attached hydrogen (secondary N) is 1. The van der Waals surface area contributed by atoms with Crippen molar-refractivity contribution in [1.82, 2.24) is 0 Å². The first kappa shape index (κ1) is 12.0. The molecule has 0 saturated carbocycles. The maximum atomic E-state index is 8.72. The van der Waals surface area contributed by atoms with E-state index in [0.717, 1.165) is 22.5 Å². The third-order valence-electron chi connectivity index (χ3n) is 2.77. The number of aryl methyl sites for hydroxylation is 1. The molecular formula is C15H15N3. The van der Waals surface area contributed by atoms with E-state index >= 15 is 0 Å². The summed E-state index contributed by atoms with van der Waals surface area (Å²) in [4.78, 5) is 0. The van der Waals surface area contributed by atoms with Gasteiger partial charge < -0.3 is 11.1 Å². The van der Waals surface area contributed by atoms with Gasteiger partial charge in [0.2, 0.25) is 0 Å². The molecule has 0 aromatic heterocycles. The number of anilines is 2. The van der Waals surface area contributed by atoms with Crippen molar-refractivity contribution >= 4 is 11.4 Å². The Bertz CT molecular complexity index is 580. The van der Waals surface area contributed by atoms with Crippen LogP contribution in [0.25, 0.3) is 0 Å². The summed E-state index contributed by atoms with van der Waals surface area (Å²) in [5.74, 6) is 0. The Kier molecular flexibility index (Phi) is 3.49. The van der Waals surface area contributed by atoms with Crippen LogP contribution in [0.4, 0.5) is 11.4 Å². The summed E-state index contributed by atoms with van der Waals surface area (Å²) in [5, 5.41) is 12.0. The normalized spacial score (nSPS) is 9.78. The monoisotopic (exact) mass is 237 g/mol. The number of benzene rings is 2. The Morgan fingerprint density at radius 3 is 2.50 bits per heavy atom. The number of hydrogen-bond acceptors (Lipinski definition) is 3. The average molecular weight is 237 g/mol. The molecule has 3 N–H and O–H groups in total. The minimum atomic E-state index is 0.675. The van der Waals surface area contributed by atoms with E-state index in [9.17, 15) is 0 Å². The van der Waals surface area contributed by atoms with Gasteiger partial charge in [-0.15, -0.1) is 0 Å². The molecule has 0 aliphatic carbocycles. The fourth-order valence-electron chi connectivity index (χ4n) is 1.74. The topological polar surface area (TPSA) is 61.8 Å². The Morgan fingerprint density at radius 1 is 1.17 bits per heavy atom. The summed E-state index contributed by atoms with van der Waals surface area (Å²) in [5.41, 5.74) is 10.6. The van der Waals surface area contributed by atoms with Crippen LogP contribution in [0.5, 0.6) is 0 Å². The zero-order valence-corrected chi connectivity index (χ0v) is 10.3. The lowest BCUT2D eigenvalue weighted by Crippen LogP contribution is -2.02. The van der Waals surface area contributed by atoms with Gasteiger partial charge in [0.1, 0.15) is 0 Å². The van der Waals surface area contributed by atoms with Crippen LogP contribution in [0, 0.1) is 18.3 Å². The maximum Gasteiger partial charge on any atom is 0.0991 e. The van der Waals surface area contributed by atoms with Crippen LogP contribution in [-0.2, 0) is 6.54 Å². The van der Waals surface area contributed by atoms with E-state index in [1.807, 2.05) is 49.4 Å². The lowest BCUT2D eigenvalue weighted by Gasteiger charge is -2.10. The zero-order chi connectivity index (χ0) is 13.0. The summed E-state index contributed by atoms with van der Waals surface area (Å²) < 4.78 is 0. The number of rotatable bonds is 3. The number of nitrogens with two attached hydrogens (primary N) is 1. The summed E-state index contributed by atoms with van der Waals surface area (Å²) in [6.45, 7) is 2.71. The van der Waals surface area contributed by atoms with E-state index in [0.29, 0.717) is 12.1 Å². The van der Waals surface area contributed by atoms with Crippen LogP contribution < -0.4 is 11.1 Å². The van der Waals surface area contributed by atoms with Gasteiger partial charge in [0.05, 0.1) is 23.0 Å². The molecule has 0 radical (unpaired) electrons. The van der Waals surface area contributed by atoms with Crippen molar-refractivity contribution in [1.29, 1.82) is 5.26 Å². The number of nitriles is 1. The fraction of sp³-hybridized carbons (Fsp3) is 0.133. The van der Waals surface area contributed by atoms with Gasteiger partial charge in [-0.2, -0.15) is 5.26 Å². The third-order valence-corrected chi connectivity index (χ3v) is 2.77. The van der Waals surface area contributed by atoms with Crippen LogP contribution >= 0.6 is 0 Å². The summed E-state index contributed by atoms with van der Waals surface area (Å²) >= 11 is 0. The molecule has 90 valence electrons. The van der Waals surface area contributed by atoms with Gasteiger partial charge >= 0.3 is 0 Å². The molecule has 0 unspecified atom stereocenters. The maximum absolute atomic E-state index is 8.72. The molecule has 18 heavy (non-hydrogen) atoms. The molecule has 0 amide bonds. The van der Waals surface area contributed by atoms with Gasteiger partial charge in [0, 0.05) is 6.54 Å². The molecule has 0 aliphatic heterocycles. The first-order chi connectivity index (χ1) is 8.69. The molecule has 3 nitrogen and oxygen atoms in total. The van der Waals surface area contributed by atoms with Gasteiger partial charge in [-0.3, -0.25) is 0 Å². The van der Waals surface area contributed by atoms with E-state index in [1.54, 1.807) is 0 Å². The molecule has 2 aromatic rings. The van der Waals surface area contributed by atoms with E-state index in [2.05, 4.69) is 11.4 Å². The molecule has 0 fully saturated rings. The van der Waals surface area contributed by atoms with E-state index in [-0.39, 0.29) is 0 Å². The van der Waals surface area contributed by atoms with Crippen LogP contribution in [-0.4, -0.2) is 0 Å². The van der Waals surface area contributed by atoms with Gasteiger partial charge in [0.15, 0.2) is 0 Å². The standard InChI is InChI=1S/C15H15N3/c1-11-2-7-15(14(17)8-11)18-10-13-5-3-12(9-16)4-6-13/h2-8,18H,10,17H2,1H3. The highest BCUT2D eigenvalue weighted by Gasteiger charge is 1.99. The van der Waals surface area contributed by atoms with E-state index in [4.69, 9.17) is 11.0 Å². The lowest BCUT2D eigenvalue weighted by atomic mass is 10.1. The molecule has 0 aliphatic rings. The minimum Gasteiger partial charge on any atom is -0.397 e. The molecule has 0 spiro atoms. The summed E-state index contributed by atoms with van der Waals surface area (Å²) in [6, 6.07) is 15.6. The van der Waals surface area contributed by atoms with E-state index < -0.39 is 0 Å². The highest BCUT2D eigenvalue weighted by Crippen LogP contribution is 2.20. The summed E-state index contributed by atoms with van der Waals surface area (Å²) in [7, 11) is 0. The van der Waals surface area contributed by atoms with Crippen molar-refractivity contribution in [3.63, 3.8) is 0 Å². The Hall–Kier alpha value is -2.47. The van der Waals surface area contributed by atoms with Crippen molar-refractivity contribution in [2.24, 2.45) is 0 Å². The first-order valence-corrected chi connectivity index (χ1v) is 5.78. The first-order valence-electron chi connectivity index (χ1n) is 5.78. The van der Waals surface area contributed by atoms with Crippen molar-refractivity contribution in [3.05, 3.63) is 59.2 Å². The van der Waals surface area contributed by atoms with Gasteiger partial charge in [-0.25, -0.2) is 0 Å². The van der Waals surface area contributed by atoms with Crippen LogP contribution in [0.2, 0.25) is 0 Å². The van der Waals surface area contributed by atoms with Gasteiger partial charge in [-0.05, 0) is 42.3 Å². The highest BCUT2D eigenvalue weighted by atomic mass is 14.9. The second kappa shape index (κ2) is 5.24. The zero-order valence-electron chi connectivity index (χ0n) is 10.3. The van der Waals surface area contributed by atoms with E-state index in [1.165, 1.54) is 0 Å². The van der Waals surface area contributed by atoms with Crippen molar-refractivity contribution in [2.75, 3.05) is 11.1 Å². The van der Waals surface area contributed by atoms with Crippen molar-refractivity contribution < 1.29 is 0 Å². The Labute approximate surface area is 107 Å². The number of nitrogen functional groups attached to an aromatic ring is 1. The summed E-state index contributed by atoms with van der Waals surface area (Å²) in [6.07, 6.45) is 0. The molecular weight excluding hydrogens is 222 g/mol. The smallest absolute Gasteiger partial charge is 0.0991 e. The number of nitrogens with zero attached hydrogens (tertiary/aromatic N) is 1. The average Bonchev–Trinajstić information content (AvgIpc) is 2.38. The van der Waals surface area contributed by atoms with Crippen molar-refractivity contribution in [2.45, 2.75) is 13.5 Å². The predicted molar refractivity (Wildman–Crippen MR) is 74.1 cm³/mol. The minimum absolute atomic E-state index is 0.675. The second-order valence-electron chi connectivity index (χ2n) is 4.25. The molecule has 2 rings (SSSR count). The second-order valence-corrected chi connectivity index (χ2v) is 4.25. The van der Waals surface area contributed by atoms with Gasteiger partial charge in [-0.1, -0.05) is 18.2 Å². The molecule has 3 heteroatoms. The molecule has 0 heterocycles. The van der Waals surface area contributed by atoms with Gasteiger partial charge in [0.25, 0.3) is 0 Å². The highest BCUT2D eigenvalue weighted by molar-refractivity contribution is 5.66. The van der Waals surface area contributed by atoms with Crippen LogP contribution in [0.15, 0.2) is 42.5 Å². The van der Waals surface area contributed by atoms with Crippen LogP contribution in [0.3, 0.4) is 0 Å². The van der Waals surface area contributed by atoms with Crippen molar-refractivity contribution in [3.8, 4) is 6.07 Å². The fourth-order valence-corrected chi connectivity index (χ4v) is 1.74. The Morgan fingerprint density at radius 2 is 1.89 bits per heavy atom.